The van der Waals surface area contributed by atoms with Crippen LogP contribution in [0.1, 0.15) is 24.4 Å². The van der Waals surface area contributed by atoms with Gasteiger partial charge in [0.25, 0.3) is 0 Å². The van der Waals surface area contributed by atoms with Crippen LogP contribution in [0.3, 0.4) is 0 Å². The molecule has 0 aliphatic carbocycles. The van der Waals surface area contributed by atoms with E-state index in [1.807, 2.05) is 0 Å². The second-order valence-electron chi connectivity index (χ2n) is 7.04. The number of nitrogens with one attached hydrogen (secondary N) is 2. The third-order valence-electron chi connectivity index (χ3n) is 5.85. The smallest absolute Gasteiger partial charge is 0.155 e. The van der Waals surface area contributed by atoms with Gasteiger partial charge in [-0.15, -0.1) is 0 Å². The molecule has 2 atom stereocenters. The van der Waals surface area contributed by atoms with Gasteiger partial charge < -0.3 is 4.90 Å². The van der Waals surface area contributed by atoms with Crippen molar-refractivity contribution < 1.29 is 4.90 Å². The minimum atomic E-state index is 0.355. The van der Waals surface area contributed by atoms with Crippen LogP contribution in [-0.2, 0) is 0 Å². The Kier molecular flexibility index (Phi) is 3.01. The summed E-state index contributed by atoms with van der Waals surface area (Å²) >= 11 is 0. The number of nitrogens with zero attached hydrogens (tertiary/aromatic N) is 1. The largest absolute Gasteiger partial charge is 0.326 e. The molecular formula is C20H22N3+. The van der Waals surface area contributed by atoms with Crippen LogP contribution in [0.25, 0.3) is 11.1 Å². The van der Waals surface area contributed by atoms with Gasteiger partial charge in [0.2, 0.25) is 0 Å². The Balaban J connectivity index is 1.43. The summed E-state index contributed by atoms with van der Waals surface area (Å²) in [5, 5.41) is 4.72. The summed E-state index contributed by atoms with van der Waals surface area (Å²) in [6, 6.07) is 20.6. The van der Waals surface area contributed by atoms with E-state index in [9.17, 15) is 0 Å². The van der Waals surface area contributed by atoms with E-state index in [0.29, 0.717) is 12.1 Å². The fourth-order valence-electron chi connectivity index (χ4n) is 4.62. The van der Waals surface area contributed by atoms with Crippen molar-refractivity contribution in [2.75, 3.05) is 13.1 Å². The lowest BCUT2D eigenvalue weighted by molar-refractivity contribution is -0.927. The fourth-order valence-corrected chi connectivity index (χ4v) is 4.62. The van der Waals surface area contributed by atoms with Crippen LogP contribution >= 0.6 is 0 Å². The molecule has 6 rings (SSSR count). The molecule has 2 aromatic rings. The maximum Gasteiger partial charge on any atom is 0.155 e. The zero-order chi connectivity index (χ0) is 15.2. The maximum atomic E-state index is 4.72. The quantitative estimate of drug-likeness (QED) is 0.873. The monoisotopic (exact) mass is 304 g/mol. The van der Waals surface area contributed by atoms with Gasteiger partial charge in [0.1, 0.15) is 11.8 Å². The Morgan fingerprint density at radius 3 is 2.30 bits per heavy atom. The van der Waals surface area contributed by atoms with E-state index >= 15 is 0 Å². The summed E-state index contributed by atoms with van der Waals surface area (Å²) in [7, 11) is 0. The van der Waals surface area contributed by atoms with Gasteiger partial charge in [0.15, 0.2) is 6.04 Å². The summed E-state index contributed by atoms with van der Waals surface area (Å²) in [5.41, 5.74) is 8.81. The first kappa shape index (κ1) is 13.3. The molecule has 0 spiro atoms. The zero-order valence-electron chi connectivity index (χ0n) is 13.2. The molecule has 2 aromatic carbocycles. The molecule has 2 bridgehead atoms. The van der Waals surface area contributed by atoms with Crippen LogP contribution < -0.4 is 10.3 Å². The van der Waals surface area contributed by atoms with Crippen LogP contribution in [0.5, 0.6) is 0 Å². The van der Waals surface area contributed by atoms with Gasteiger partial charge in [-0.05, 0) is 16.7 Å². The normalized spacial score (nSPS) is 31.4. The third kappa shape index (κ3) is 2.11. The van der Waals surface area contributed by atoms with E-state index in [2.05, 4.69) is 60.0 Å². The molecule has 4 aliphatic heterocycles. The Labute approximate surface area is 137 Å². The van der Waals surface area contributed by atoms with Crippen molar-refractivity contribution in [1.29, 1.82) is 0 Å². The van der Waals surface area contributed by atoms with E-state index in [4.69, 9.17) is 5.10 Å². The summed E-state index contributed by atoms with van der Waals surface area (Å²) < 4.78 is 0. The standard InChI is InChI=1S/C20H21N3/c1-2-4-14(5-3-1)15-6-8-16(9-7-15)18-20-19(22-21-18)17-10-12-23(20)13-11-17/h1-9,17-18,20-21H,10-13H2/p+1/t18-,20-/m1/s1. The highest BCUT2D eigenvalue weighted by molar-refractivity contribution is 5.93. The second-order valence-corrected chi connectivity index (χ2v) is 7.04. The van der Waals surface area contributed by atoms with Gasteiger partial charge in [0, 0.05) is 18.8 Å². The predicted molar refractivity (Wildman–Crippen MR) is 92.4 cm³/mol. The predicted octanol–water partition coefficient (Wildman–Crippen LogP) is 2.03. The SMILES string of the molecule is c1ccc(-c2ccc([C@H]3NN=C4C5CC[NH+](CC5)[C@@H]43)cc2)cc1. The van der Waals surface area contributed by atoms with Crippen molar-refractivity contribution in [3.8, 4) is 11.1 Å². The Bertz CT molecular complexity index is 727. The molecule has 3 fully saturated rings. The van der Waals surface area contributed by atoms with Crippen molar-refractivity contribution in [2.45, 2.75) is 24.9 Å². The number of hydrogen-bond acceptors (Lipinski definition) is 2. The van der Waals surface area contributed by atoms with Gasteiger partial charge in [-0.1, -0.05) is 54.6 Å². The molecule has 3 saturated heterocycles. The molecule has 2 N–H and O–H groups in total. The Morgan fingerprint density at radius 2 is 1.57 bits per heavy atom. The summed E-state index contributed by atoms with van der Waals surface area (Å²) in [4.78, 5) is 1.73. The minimum Gasteiger partial charge on any atom is -0.326 e. The topological polar surface area (TPSA) is 28.8 Å². The first-order valence-corrected chi connectivity index (χ1v) is 8.73. The van der Waals surface area contributed by atoms with E-state index in [-0.39, 0.29) is 0 Å². The molecule has 4 aliphatic rings. The van der Waals surface area contributed by atoms with Crippen LogP contribution in [-0.4, -0.2) is 24.8 Å². The first-order chi connectivity index (χ1) is 11.4. The second kappa shape index (κ2) is 5.20. The highest BCUT2D eigenvalue weighted by Gasteiger charge is 2.50. The number of piperidine rings is 3. The average molecular weight is 304 g/mol. The summed E-state index contributed by atoms with van der Waals surface area (Å²) in [6.45, 7) is 2.63. The van der Waals surface area contributed by atoms with Crippen LogP contribution in [0.4, 0.5) is 0 Å². The molecule has 116 valence electrons. The van der Waals surface area contributed by atoms with Gasteiger partial charge in [0.05, 0.1) is 13.1 Å². The van der Waals surface area contributed by atoms with Crippen molar-refractivity contribution >= 4 is 5.71 Å². The van der Waals surface area contributed by atoms with Crippen LogP contribution in [0.15, 0.2) is 59.7 Å². The summed E-state index contributed by atoms with van der Waals surface area (Å²) in [6.07, 6.45) is 2.65. The zero-order valence-corrected chi connectivity index (χ0v) is 13.2. The molecule has 3 nitrogen and oxygen atoms in total. The van der Waals surface area contributed by atoms with Gasteiger partial charge in [-0.3, -0.25) is 5.43 Å². The van der Waals surface area contributed by atoms with E-state index in [1.54, 1.807) is 4.90 Å². The average Bonchev–Trinajstić information content (AvgIpc) is 3.11. The molecule has 0 amide bonds. The number of quaternary nitrogens is 1. The molecule has 0 unspecified atom stereocenters. The van der Waals surface area contributed by atoms with E-state index in [1.165, 1.54) is 48.3 Å². The molecule has 0 aromatic heterocycles. The van der Waals surface area contributed by atoms with Crippen LogP contribution in [0, 0.1) is 5.92 Å². The molecular weight excluding hydrogens is 282 g/mol. The van der Waals surface area contributed by atoms with Crippen molar-refractivity contribution in [3.63, 3.8) is 0 Å². The molecule has 0 saturated carbocycles. The minimum absolute atomic E-state index is 0.355. The number of rotatable bonds is 2. The summed E-state index contributed by atoms with van der Waals surface area (Å²) in [5.74, 6) is 0.735. The lowest BCUT2D eigenvalue weighted by Gasteiger charge is -2.42. The fraction of sp³-hybridized carbons (Fsp3) is 0.350. The van der Waals surface area contributed by atoms with E-state index in [0.717, 1.165) is 5.92 Å². The Hall–Kier alpha value is -2.13. The molecule has 0 radical (unpaired) electrons. The lowest BCUT2D eigenvalue weighted by atomic mass is 9.78. The van der Waals surface area contributed by atoms with Gasteiger partial charge in [-0.25, -0.2) is 0 Å². The molecule has 4 heterocycles. The van der Waals surface area contributed by atoms with Gasteiger partial charge in [-0.2, -0.15) is 5.10 Å². The van der Waals surface area contributed by atoms with E-state index < -0.39 is 0 Å². The van der Waals surface area contributed by atoms with Gasteiger partial charge >= 0.3 is 0 Å². The lowest BCUT2D eigenvalue weighted by Crippen LogP contribution is -3.20. The number of hydrogen-bond donors (Lipinski definition) is 2. The van der Waals surface area contributed by atoms with Crippen molar-refractivity contribution in [3.05, 3.63) is 60.2 Å². The molecule has 3 heteroatoms. The van der Waals surface area contributed by atoms with Crippen molar-refractivity contribution in [1.82, 2.24) is 5.43 Å². The first-order valence-electron chi connectivity index (χ1n) is 8.73. The maximum absolute atomic E-state index is 4.72. The van der Waals surface area contributed by atoms with Crippen LogP contribution in [0.2, 0.25) is 0 Å². The highest BCUT2D eigenvalue weighted by atomic mass is 15.4. The molecule has 23 heavy (non-hydrogen) atoms. The third-order valence-corrected chi connectivity index (χ3v) is 5.85. The number of benzene rings is 2. The number of hydrazone groups is 1. The Morgan fingerprint density at radius 1 is 0.870 bits per heavy atom. The number of fused-ring (bicyclic) bond motifs is 2. The highest BCUT2D eigenvalue weighted by Crippen LogP contribution is 2.31. The van der Waals surface area contributed by atoms with Crippen molar-refractivity contribution in [2.24, 2.45) is 11.0 Å².